The zero-order chi connectivity index (χ0) is 31.9. The highest BCUT2D eigenvalue weighted by molar-refractivity contribution is 7.92. The average Bonchev–Trinajstić information content (AvgIpc) is 2.99. The van der Waals surface area contributed by atoms with Crippen LogP contribution in [0, 0.1) is 0 Å². The number of hydrogen-bond acceptors (Lipinski definition) is 5. The van der Waals surface area contributed by atoms with Crippen molar-refractivity contribution in [2.75, 3.05) is 17.1 Å². The molecule has 0 bridgehead atoms. The van der Waals surface area contributed by atoms with Gasteiger partial charge in [-0.3, -0.25) is 18.7 Å². The summed E-state index contributed by atoms with van der Waals surface area (Å²) < 4.78 is 27.0. The van der Waals surface area contributed by atoms with Crippen molar-refractivity contribution in [1.82, 2.24) is 10.2 Å². The van der Waals surface area contributed by atoms with Crippen molar-refractivity contribution in [3.8, 4) is 0 Å². The molecule has 1 N–H and O–H groups in total. The molecule has 1 aliphatic rings. The second kappa shape index (κ2) is 15.1. The maximum Gasteiger partial charge on any atom is 0.244 e. The van der Waals surface area contributed by atoms with E-state index in [-0.39, 0.29) is 36.4 Å². The highest BCUT2D eigenvalue weighted by atomic mass is 35.5. The molecule has 0 aromatic heterocycles. The van der Waals surface area contributed by atoms with Crippen molar-refractivity contribution in [3.05, 3.63) is 99.5 Å². The van der Waals surface area contributed by atoms with Crippen LogP contribution in [0.3, 0.4) is 0 Å². The van der Waals surface area contributed by atoms with E-state index >= 15 is 0 Å². The molecule has 2 amide bonds. The van der Waals surface area contributed by atoms with Gasteiger partial charge in [0.05, 0.1) is 11.9 Å². The van der Waals surface area contributed by atoms with Gasteiger partial charge in [0, 0.05) is 40.2 Å². The molecule has 4 rings (SSSR count). The predicted octanol–water partition coefficient (Wildman–Crippen LogP) is 6.05. The van der Waals surface area contributed by atoms with Crippen LogP contribution in [0.1, 0.15) is 60.5 Å². The lowest BCUT2D eigenvalue weighted by Crippen LogP contribution is -2.55. The maximum atomic E-state index is 14.3. The summed E-state index contributed by atoms with van der Waals surface area (Å²) in [6, 6.07) is 19.4. The lowest BCUT2D eigenvalue weighted by Gasteiger charge is -2.35. The third-order valence-corrected chi connectivity index (χ3v) is 9.68. The van der Waals surface area contributed by atoms with Crippen molar-refractivity contribution >= 4 is 56.5 Å². The van der Waals surface area contributed by atoms with Gasteiger partial charge < -0.3 is 10.2 Å². The fourth-order valence-corrected chi connectivity index (χ4v) is 6.80. The Balaban J connectivity index is 1.77. The summed E-state index contributed by atoms with van der Waals surface area (Å²) in [5.74, 6) is -1.20. The number of carbonyl (C=O) groups is 3. The number of halogens is 2. The standard InChI is InChI=1S/C33H37Cl2N3O5S/c1-23(39)25-13-9-16-27(20-25)38(44(2,42)43)22-32(40)37(21-28-29(34)17-10-18-30(28)35)31(19-24-11-5-3-6-12-24)33(41)36-26-14-7-4-8-15-26/h3,5-6,9-13,16-18,20,26,31H,4,7-8,14-15,19,21-22H2,1-2H3,(H,36,41)/t31-/m1/s1. The molecule has 3 aromatic rings. The van der Waals surface area contributed by atoms with Gasteiger partial charge in [0.1, 0.15) is 12.6 Å². The van der Waals surface area contributed by atoms with Crippen LogP contribution in [0.2, 0.25) is 10.0 Å². The molecule has 0 heterocycles. The minimum atomic E-state index is -3.98. The summed E-state index contributed by atoms with van der Waals surface area (Å²) in [5.41, 5.74) is 1.73. The molecular formula is C33H37Cl2N3O5S. The van der Waals surface area contributed by atoms with Crippen LogP contribution in [0.4, 0.5) is 5.69 Å². The van der Waals surface area contributed by atoms with Crippen LogP contribution in [0.15, 0.2) is 72.8 Å². The first-order chi connectivity index (χ1) is 20.9. The van der Waals surface area contributed by atoms with Crippen LogP contribution < -0.4 is 9.62 Å². The SMILES string of the molecule is CC(=O)c1cccc(N(CC(=O)N(Cc2c(Cl)cccc2Cl)[C@H](Cc2ccccc2)C(=O)NC2CCCCC2)S(C)(=O)=O)c1. The molecule has 11 heteroatoms. The number of Topliss-reactive ketones (excluding diaryl/α,β-unsaturated/α-hetero) is 1. The summed E-state index contributed by atoms with van der Waals surface area (Å²) in [6.45, 7) is 0.644. The second-order valence-corrected chi connectivity index (χ2v) is 13.9. The number of anilines is 1. The molecule has 234 valence electrons. The molecular weight excluding hydrogens is 621 g/mol. The normalized spacial score (nSPS) is 14.5. The molecule has 0 unspecified atom stereocenters. The van der Waals surface area contributed by atoms with Gasteiger partial charge in [-0.1, -0.05) is 91.0 Å². The molecule has 0 spiro atoms. The Morgan fingerprint density at radius 3 is 2.16 bits per heavy atom. The lowest BCUT2D eigenvalue weighted by molar-refractivity contribution is -0.140. The van der Waals surface area contributed by atoms with Crippen LogP contribution in [-0.2, 0) is 32.6 Å². The minimum absolute atomic E-state index is 0.0165. The molecule has 0 saturated heterocycles. The molecule has 3 aromatic carbocycles. The number of nitrogens with zero attached hydrogens (tertiary/aromatic N) is 2. The summed E-state index contributed by atoms with van der Waals surface area (Å²) in [6.07, 6.45) is 6.01. The van der Waals surface area contributed by atoms with Crippen molar-refractivity contribution in [3.63, 3.8) is 0 Å². The number of hydrogen-bond donors (Lipinski definition) is 1. The van der Waals surface area contributed by atoms with E-state index < -0.39 is 28.5 Å². The van der Waals surface area contributed by atoms with Gasteiger partial charge >= 0.3 is 0 Å². The van der Waals surface area contributed by atoms with E-state index in [1.165, 1.54) is 24.0 Å². The zero-order valence-corrected chi connectivity index (χ0v) is 27.2. The van der Waals surface area contributed by atoms with Gasteiger partial charge in [-0.25, -0.2) is 8.42 Å². The number of amides is 2. The van der Waals surface area contributed by atoms with Crippen LogP contribution in [0.25, 0.3) is 0 Å². The van der Waals surface area contributed by atoms with Crippen molar-refractivity contribution in [1.29, 1.82) is 0 Å². The van der Waals surface area contributed by atoms with Crippen molar-refractivity contribution in [2.45, 2.75) is 64.1 Å². The van der Waals surface area contributed by atoms with Gasteiger partial charge in [0.25, 0.3) is 0 Å². The largest absolute Gasteiger partial charge is 0.352 e. The molecule has 1 saturated carbocycles. The van der Waals surface area contributed by atoms with Gasteiger partial charge in [-0.05, 0) is 49.6 Å². The first-order valence-electron chi connectivity index (χ1n) is 14.6. The van der Waals surface area contributed by atoms with Gasteiger partial charge in [0.2, 0.25) is 21.8 Å². The monoisotopic (exact) mass is 657 g/mol. The van der Waals surface area contributed by atoms with Crippen molar-refractivity contribution in [2.24, 2.45) is 0 Å². The Bertz CT molecular complexity index is 1570. The third-order valence-electron chi connectivity index (χ3n) is 7.83. The highest BCUT2D eigenvalue weighted by Gasteiger charge is 2.35. The van der Waals surface area contributed by atoms with E-state index in [1.807, 2.05) is 30.3 Å². The summed E-state index contributed by atoms with van der Waals surface area (Å²) in [4.78, 5) is 41.8. The maximum absolute atomic E-state index is 14.3. The molecule has 0 aliphatic heterocycles. The number of benzene rings is 3. The van der Waals surface area contributed by atoms with Gasteiger partial charge in [0.15, 0.2) is 5.78 Å². The average molecular weight is 659 g/mol. The van der Waals surface area contributed by atoms with Crippen LogP contribution >= 0.6 is 23.2 Å². The third kappa shape index (κ3) is 8.83. The number of nitrogens with one attached hydrogen (secondary N) is 1. The van der Waals surface area contributed by atoms with Gasteiger partial charge in [-0.2, -0.15) is 0 Å². The summed E-state index contributed by atoms with van der Waals surface area (Å²) >= 11 is 13.1. The first-order valence-corrected chi connectivity index (χ1v) is 17.2. The van der Waals surface area contributed by atoms with E-state index in [4.69, 9.17) is 23.2 Å². The van der Waals surface area contributed by atoms with Crippen LogP contribution in [-0.4, -0.2) is 55.8 Å². The minimum Gasteiger partial charge on any atom is -0.352 e. The number of carbonyl (C=O) groups excluding carboxylic acids is 3. The van der Waals surface area contributed by atoms with E-state index in [2.05, 4.69) is 5.32 Å². The van der Waals surface area contributed by atoms with E-state index in [0.717, 1.165) is 48.2 Å². The fourth-order valence-electron chi connectivity index (χ4n) is 5.45. The fraction of sp³-hybridized carbons (Fsp3) is 0.364. The van der Waals surface area contributed by atoms with E-state index in [1.54, 1.807) is 30.3 Å². The van der Waals surface area contributed by atoms with E-state index in [9.17, 15) is 22.8 Å². The quantitative estimate of drug-likeness (QED) is 0.239. The number of ketones is 1. The number of rotatable bonds is 12. The number of sulfonamides is 1. The Labute approximate surface area is 269 Å². The Kier molecular flexibility index (Phi) is 11.5. The smallest absolute Gasteiger partial charge is 0.244 e. The first kappa shape index (κ1) is 33.5. The second-order valence-electron chi connectivity index (χ2n) is 11.1. The molecule has 8 nitrogen and oxygen atoms in total. The lowest BCUT2D eigenvalue weighted by atomic mass is 9.94. The topological polar surface area (TPSA) is 104 Å². The molecule has 44 heavy (non-hydrogen) atoms. The van der Waals surface area contributed by atoms with Crippen molar-refractivity contribution < 1.29 is 22.8 Å². The Morgan fingerprint density at radius 1 is 0.909 bits per heavy atom. The zero-order valence-electron chi connectivity index (χ0n) is 24.8. The van der Waals surface area contributed by atoms with E-state index in [0.29, 0.717) is 21.2 Å². The molecule has 0 radical (unpaired) electrons. The summed E-state index contributed by atoms with van der Waals surface area (Å²) in [7, 11) is -3.98. The molecule has 1 aliphatic carbocycles. The highest BCUT2D eigenvalue weighted by Crippen LogP contribution is 2.28. The van der Waals surface area contributed by atoms with Crippen LogP contribution in [0.5, 0.6) is 0 Å². The van der Waals surface area contributed by atoms with Gasteiger partial charge in [-0.15, -0.1) is 0 Å². The Hall–Kier alpha value is -3.40. The predicted molar refractivity (Wildman–Crippen MR) is 175 cm³/mol. The summed E-state index contributed by atoms with van der Waals surface area (Å²) in [5, 5.41) is 3.79. The molecule has 1 fully saturated rings. The Morgan fingerprint density at radius 2 is 1.55 bits per heavy atom. The molecule has 1 atom stereocenters.